The molecule has 1 N–H and O–H groups in total. The summed E-state index contributed by atoms with van der Waals surface area (Å²) < 4.78 is 166. The molecule has 3 aromatic rings. The first-order valence-corrected chi connectivity index (χ1v) is 18.6. The van der Waals surface area contributed by atoms with Crippen LogP contribution in [0.25, 0.3) is 0 Å². The van der Waals surface area contributed by atoms with Crippen molar-refractivity contribution in [2.75, 3.05) is 26.2 Å². The summed E-state index contributed by atoms with van der Waals surface area (Å²) in [5, 5.41) is 11.4. The summed E-state index contributed by atoms with van der Waals surface area (Å²) in [6, 6.07) is 7.51. The second kappa shape index (κ2) is 14.9. The van der Waals surface area contributed by atoms with Crippen LogP contribution in [0.5, 0.6) is 0 Å². The number of carbonyl (C=O) groups excluding carboxylic acids is 2. The molecule has 0 saturated carbocycles. The van der Waals surface area contributed by atoms with Crippen LogP contribution in [0.2, 0.25) is 0 Å². The van der Waals surface area contributed by atoms with Crippen LogP contribution in [0, 0.1) is 17.5 Å². The van der Waals surface area contributed by atoms with Crippen molar-refractivity contribution in [3.8, 4) is 0 Å². The fraction of sp³-hybridized carbons (Fsp3) is 0.459. The van der Waals surface area contributed by atoms with E-state index in [9.17, 15) is 62.6 Å². The number of hydrogen-bond acceptors (Lipinski definition) is 7. The number of alkyl halides is 6. The maximum Gasteiger partial charge on any atom is 0.430 e. The lowest BCUT2D eigenvalue weighted by molar-refractivity contribution is -0.392. The Morgan fingerprint density at radius 1 is 0.768 bits per heavy atom. The van der Waals surface area contributed by atoms with Gasteiger partial charge in [-0.3, -0.25) is 4.79 Å². The summed E-state index contributed by atoms with van der Waals surface area (Å²) in [6.07, 6.45) is -14.3. The molecule has 1 atom stereocenters. The van der Waals surface area contributed by atoms with Crippen LogP contribution < -0.4 is 0 Å². The lowest BCUT2D eigenvalue weighted by Gasteiger charge is -2.39. The lowest BCUT2D eigenvalue weighted by atomic mass is 9.88. The molecular weight excluding hydrogens is 787 g/mol. The Morgan fingerprint density at radius 2 is 1.29 bits per heavy atom. The molecular formula is C37H37F9N2O7S. The molecule has 0 spiro atoms. The third-order valence-corrected chi connectivity index (χ3v) is 12.4. The molecule has 2 saturated heterocycles. The van der Waals surface area contributed by atoms with Gasteiger partial charge in [0.25, 0.3) is 11.5 Å². The molecule has 1 unspecified atom stereocenters. The number of carbonyl (C=O) groups is 2. The Labute approximate surface area is 315 Å². The monoisotopic (exact) mass is 824 g/mol. The van der Waals surface area contributed by atoms with Gasteiger partial charge in [0.2, 0.25) is 0 Å². The van der Waals surface area contributed by atoms with E-state index in [1.807, 2.05) is 0 Å². The molecule has 0 aromatic heterocycles. The molecule has 19 heteroatoms. The minimum Gasteiger partial charge on any atom is -0.444 e. The van der Waals surface area contributed by atoms with Crippen molar-refractivity contribution in [3.63, 3.8) is 0 Å². The maximum atomic E-state index is 14.6. The Bertz CT molecular complexity index is 2010. The van der Waals surface area contributed by atoms with Gasteiger partial charge < -0.3 is 24.4 Å². The maximum absolute atomic E-state index is 14.6. The van der Waals surface area contributed by atoms with Crippen LogP contribution in [0.3, 0.4) is 0 Å². The molecule has 306 valence electrons. The van der Waals surface area contributed by atoms with Gasteiger partial charge in [-0.25, -0.2) is 26.4 Å². The normalized spacial score (nSPS) is 19.6. The quantitative estimate of drug-likeness (QED) is 0.187. The largest absolute Gasteiger partial charge is 0.444 e. The van der Waals surface area contributed by atoms with Gasteiger partial charge in [-0.05, 0) is 69.2 Å². The average molecular weight is 825 g/mol. The van der Waals surface area contributed by atoms with Crippen molar-refractivity contribution >= 4 is 21.8 Å². The fourth-order valence-electron chi connectivity index (χ4n) is 6.89. The molecule has 2 amide bonds. The molecule has 2 heterocycles. The molecule has 2 aliphatic rings. The highest BCUT2D eigenvalue weighted by atomic mass is 32.2. The third-order valence-electron chi connectivity index (χ3n) is 9.91. The number of sulfone groups is 1. The van der Waals surface area contributed by atoms with Crippen molar-refractivity contribution in [2.24, 2.45) is 0 Å². The highest BCUT2D eigenvalue weighted by molar-refractivity contribution is 7.92. The van der Waals surface area contributed by atoms with Crippen LogP contribution >= 0.6 is 0 Å². The smallest absolute Gasteiger partial charge is 0.430 e. The zero-order valence-electron chi connectivity index (χ0n) is 30.1. The van der Waals surface area contributed by atoms with Gasteiger partial charge in [0.05, 0.1) is 11.5 Å². The van der Waals surface area contributed by atoms with E-state index in [4.69, 9.17) is 4.74 Å². The van der Waals surface area contributed by atoms with Crippen molar-refractivity contribution in [2.45, 2.75) is 85.4 Å². The Morgan fingerprint density at radius 3 is 1.79 bits per heavy atom. The second-order valence-electron chi connectivity index (χ2n) is 14.7. The standard InChI is InChI=1S/C37H37F9N2O7S/c1-32(2,3)55-31(50)47-18-15-33(51,16-19-47)30(49)48-20-17-34(22-48,56(52,53)26-13-11-25(38)12-14-26)23-7-9-24(10-8-23)35(36(41,42)43,37(44,45)46)54-21-27-28(39)5-4-6-29(27)40/h4-14,51H,15-22H2,1-3H3. The Balaban J connectivity index is 1.53. The molecule has 0 radical (unpaired) electrons. The molecule has 0 aliphatic carbocycles. The van der Waals surface area contributed by atoms with E-state index < -0.39 is 109 Å². The number of likely N-dealkylation sites (tertiary alicyclic amines) is 2. The van der Waals surface area contributed by atoms with E-state index in [0.717, 1.165) is 35.2 Å². The van der Waals surface area contributed by atoms with E-state index in [1.54, 1.807) is 20.8 Å². The van der Waals surface area contributed by atoms with Crippen molar-refractivity contribution in [1.82, 2.24) is 9.80 Å². The average Bonchev–Trinajstić information content (AvgIpc) is 3.55. The first-order valence-electron chi connectivity index (χ1n) is 17.1. The SMILES string of the molecule is CC(C)(C)OC(=O)N1CCC(O)(C(=O)N2CCC(c3ccc(C(OCc4c(F)cccc4F)(C(F)(F)F)C(F)(F)F)cc3)(S(=O)(=O)c3ccc(F)cc3)C2)CC1. The van der Waals surface area contributed by atoms with Gasteiger partial charge in [0.1, 0.15) is 33.4 Å². The van der Waals surface area contributed by atoms with Crippen molar-refractivity contribution in [3.05, 3.63) is 101 Å². The van der Waals surface area contributed by atoms with Gasteiger partial charge in [0.15, 0.2) is 9.84 Å². The fourth-order valence-corrected chi connectivity index (χ4v) is 8.97. The molecule has 5 rings (SSSR count). The van der Waals surface area contributed by atoms with E-state index >= 15 is 0 Å². The van der Waals surface area contributed by atoms with Crippen LogP contribution in [0.15, 0.2) is 71.6 Å². The lowest BCUT2D eigenvalue weighted by Crippen LogP contribution is -2.56. The molecule has 0 bridgehead atoms. The van der Waals surface area contributed by atoms with Gasteiger partial charge in [-0.1, -0.05) is 30.3 Å². The van der Waals surface area contributed by atoms with Gasteiger partial charge in [-0.15, -0.1) is 0 Å². The number of rotatable bonds is 8. The number of ether oxygens (including phenoxy) is 2. The highest BCUT2D eigenvalue weighted by Crippen LogP contribution is 2.54. The minimum atomic E-state index is -6.28. The van der Waals surface area contributed by atoms with E-state index in [-0.39, 0.29) is 38.0 Å². The zero-order valence-corrected chi connectivity index (χ0v) is 30.9. The molecule has 9 nitrogen and oxygen atoms in total. The Kier molecular flexibility index (Phi) is 11.4. The summed E-state index contributed by atoms with van der Waals surface area (Å²) >= 11 is 0. The first kappa shape index (κ1) is 42.8. The number of aliphatic hydroxyl groups is 1. The van der Waals surface area contributed by atoms with Crippen molar-refractivity contribution in [1.29, 1.82) is 0 Å². The van der Waals surface area contributed by atoms with Gasteiger partial charge >= 0.3 is 18.4 Å². The predicted molar refractivity (Wildman–Crippen MR) is 180 cm³/mol. The number of hydrogen-bond donors (Lipinski definition) is 1. The highest BCUT2D eigenvalue weighted by Gasteiger charge is 2.73. The summed E-state index contributed by atoms with van der Waals surface area (Å²) in [6.45, 7) is 1.81. The minimum absolute atomic E-state index is 0.114. The molecule has 2 aliphatic heterocycles. The van der Waals surface area contributed by atoms with Crippen LogP contribution in [0.1, 0.15) is 56.7 Å². The second-order valence-corrected chi connectivity index (χ2v) is 16.9. The summed E-state index contributed by atoms with van der Waals surface area (Å²) in [5.74, 6) is -4.69. The van der Waals surface area contributed by atoms with Crippen molar-refractivity contribution < 1.29 is 72.1 Å². The topological polar surface area (TPSA) is 113 Å². The van der Waals surface area contributed by atoms with E-state index in [2.05, 4.69) is 4.74 Å². The number of amides is 2. The van der Waals surface area contributed by atoms with Crippen LogP contribution in [0.4, 0.5) is 44.3 Å². The van der Waals surface area contributed by atoms with E-state index in [0.29, 0.717) is 36.4 Å². The third kappa shape index (κ3) is 7.81. The Hall–Kier alpha value is -4.36. The first-order chi connectivity index (χ1) is 25.8. The molecule has 56 heavy (non-hydrogen) atoms. The summed E-state index contributed by atoms with van der Waals surface area (Å²) in [7, 11) is -4.76. The van der Waals surface area contributed by atoms with Crippen LogP contribution in [-0.4, -0.2) is 85.1 Å². The summed E-state index contributed by atoms with van der Waals surface area (Å²) in [5.41, 5.74) is -11.3. The number of halogens is 9. The van der Waals surface area contributed by atoms with Gasteiger partial charge in [-0.2, -0.15) is 26.3 Å². The van der Waals surface area contributed by atoms with E-state index in [1.165, 1.54) is 4.90 Å². The number of benzene rings is 3. The summed E-state index contributed by atoms with van der Waals surface area (Å²) in [4.78, 5) is 28.2. The molecule has 2 fully saturated rings. The predicted octanol–water partition coefficient (Wildman–Crippen LogP) is 7.30. The van der Waals surface area contributed by atoms with Gasteiger partial charge in [0, 0.05) is 50.1 Å². The van der Waals surface area contributed by atoms with Crippen LogP contribution in [-0.2, 0) is 41.1 Å². The number of nitrogens with zero attached hydrogens (tertiary/aromatic N) is 2. The number of piperidine rings is 1. The molecule has 3 aromatic carbocycles. The zero-order chi connectivity index (χ0) is 41.7.